The number of amides is 3. The highest BCUT2D eigenvalue weighted by Crippen LogP contribution is 2.30. The van der Waals surface area contributed by atoms with Crippen LogP contribution in [0.4, 0.5) is 4.79 Å². The van der Waals surface area contributed by atoms with Gasteiger partial charge in [-0.2, -0.15) is 0 Å². The van der Waals surface area contributed by atoms with E-state index in [-0.39, 0.29) is 18.8 Å². The van der Waals surface area contributed by atoms with E-state index in [2.05, 4.69) is 39.8 Å². The number of H-pyrrole nitrogens is 1. The van der Waals surface area contributed by atoms with Gasteiger partial charge in [0, 0.05) is 31.3 Å². The second kappa shape index (κ2) is 20.5. The third kappa shape index (κ3) is 13.2. The number of nitrogens with one attached hydrogen (secondary N) is 4. The van der Waals surface area contributed by atoms with Crippen molar-refractivity contribution in [2.45, 2.75) is 109 Å². The molecule has 3 aromatic rings. The van der Waals surface area contributed by atoms with Crippen molar-refractivity contribution in [1.29, 1.82) is 0 Å². The average molecular weight is 690 g/mol. The number of aromatic nitrogens is 2. The fourth-order valence-corrected chi connectivity index (χ4v) is 6.88. The molecule has 0 spiro atoms. The van der Waals surface area contributed by atoms with Crippen molar-refractivity contribution < 1.29 is 29.3 Å². The summed E-state index contributed by atoms with van der Waals surface area (Å²) in [6, 6.07) is 16.5. The zero-order valence-electron chi connectivity index (χ0n) is 29.4. The summed E-state index contributed by atoms with van der Waals surface area (Å²) < 4.78 is 5.99. The molecule has 0 bridgehead atoms. The first-order valence-corrected chi connectivity index (χ1v) is 18.1. The minimum Gasteiger partial charge on any atom is -0.465 e. The summed E-state index contributed by atoms with van der Waals surface area (Å²) in [5.74, 6) is -0.199. The van der Waals surface area contributed by atoms with Crippen LogP contribution < -0.4 is 16.0 Å². The van der Waals surface area contributed by atoms with Gasteiger partial charge in [0.15, 0.2) is 0 Å². The Morgan fingerprint density at radius 1 is 0.880 bits per heavy atom. The van der Waals surface area contributed by atoms with Crippen molar-refractivity contribution >= 4 is 17.9 Å². The fourth-order valence-electron chi connectivity index (χ4n) is 6.88. The van der Waals surface area contributed by atoms with E-state index in [0.717, 1.165) is 43.2 Å². The Morgan fingerprint density at radius 3 is 2.14 bits per heavy atom. The van der Waals surface area contributed by atoms with E-state index in [1.54, 1.807) is 6.20 Å². The van der Waals surface area contributed by atoms with Crippen molar-refractivity contribution in [2.75, 3.05) is 6.61 Å². The van der Waals surface area contributed by atoms with Gasteiger partial charge in [-0.15, -0.1) is 0 Å². The number of carbonyl (C=O) groups is 3. The molecule has 0 aliphatic heterocycles. The van der Waals surface area contributed by atoms with E-state index >= 15 is 0 Å². The van der Waals surface area contributed by atoms with Gasteiger partial charge in [-0.05, 0) is 48.1 Å². The van der Waals surface area contributed by atoms with Crippen LogP contribution in [0.3, 0.4) is 0 Å². The summed E-state index contributed by atoms with van der Waals surface area (Å²) in [6.45, 7) is 5.40. The highest BCUT2D eigenvalue weighted by atomic mass is 16.5. The van der Waals surface area contributed by atoms with Crippen LogP contribution >= 0.6 is 0 Å². The second-order valence-electron chi connectivity index (χ2n) is 14.0. The second-order valence-corrected chi connectivity index (χ2v) is 14.0. The lowest BCUT2D eigenvalue weighted by molar-refractivity contribution is -0.131. The third-order valence-electron chi connectivity index (χ3n) is 9.84. The normalized spacial score (nSPS) is 16.6. The summed E-state index contributed by atoms with van der Waals surface area (Å²) in [6.07, 6.45) is 8.67. The number of carbonyl (C=O) groups excluding carboxylic acids is 2. The van der Waals surface area contributed by atoms with Crippen molar-refractivity contribution in [3.05, 3.63) is 90.0 Å². The molecule has 272 valence electrons. The zero-order valence-corrected chi connectivity index (χ0v) is 29.4. The van der Waals surface area contributed by atoms with Gasteiger partial charge in [0.05, 0.1) is 25.1 Å². The molecule has 0 saturated heterocycles. The van der Waals surface area contributed by atoms with E-state index in [1.165, 1.54) is 12.7 Å². The smallest absolute Gasteiger partial charge is 0.405 e. The molecule has 11 nitrogen and oxygen atoms in total. The van der Waals surface area contributed by atoms with Gasteiger partial charge in [0.1, 0.15) is 12.1 Å². The Balaban J connectivity index is 1.47. The number of imidazole rings is 1. The maximum absolute atomic E-state index is 14.1. The molecule has 1 fully saturated rings. The number of benzene rings is 2. The Labute approximate surface area is 296 Å². The highest BCUT2D eigenvalue weighted by Gasteiger charge is 2.33. The lowest BCUT2D eigenvalue weighted by Gasteiger charge is -2.34. The predicted octanol–water partition coefficient (Wildman–Crippen LogP) is 5.40. The van der Waals surface area contributed by atoms with Crippen LogP contribution in [-0.2, 0) is 33.8 Å². The average Bonchev–Trinajstić information content (AvgIpc) is 3.63. The third-order valence-corrected chi connectivity index (χ3v) is 9.84. The van der Waals surface area contributed by atoms with Gasteiger partial charge in [0.2, 0.25) is 11.8 Å². The number of carboxylic acid groups (broad SMARTS) is 1. The number of ether oxygens (including phenoxy) is 1. The van der Waals surface area contributed by atoms with Crippen LogP contribution in [0.25, 0.3) is 0 Å². The molecular formula is C39H55N5O6. The van der Waals surface area contributed by atoms with Gasteiger partial charge in [-0.1, -0.05) is 107 Å². The molecule has 11 heteroatoms. The van der Waals surface area contributed by atoms with Crippen LogP contribution in [0, 0.1) is 17.8 Å². The standard InChI is InChI=1S/C39H55N5O6/c1-27(2)31(18-19-50-25-30-16-10-5-11-17-30)22-36(45)33(20-28-12-6-3-7-13-28)42-38(47)35(23-32-24-40-26-41-32)43-37(46)34(44-39(48)49)21-29-14-8-4-9-15-29/h4-5,8-11,14-17,24,26-28,31,33-36,44-45H,3,6-7,12-13,18-23,25H2,1-2H3,(H,40,41)(H,42,47)(H,43,46)(H,48,49)/t31-,33-,34-,35+,36+/m0/s1. The van der Waals surface area contributed by atoms with Crippen LogP contribution in [0.1, 0.15) is 82.0 Å². The Hall–Kier alpha value is -4.22. The summed E-state index contributed by atoms with van der Waals surface area (Å²) in [4.78, 5) is 46.4. The topological polar surface area (TPSA) is 166 Å². The van der Waals surface area contributed by atoms with E-state index in [9.17, 15) is 24.6 Å². The first-order valence-electron chi connectivity index (χ1n) is 18.1. The van der Waals surface area contributed by atoms with E-state index in [0.29, 0.717) is 43.6 Å². The number of rotatable bonds is 20. The van der Waals surface area contributed by atoms with E-state index in [1.807, 2.05) is 60.7 Å². The fraction of sp³-hybridized carbons (Fsp3) is 0.538. The van der Waals surface area contributed by atoms with Gasteiger partial charge >= 0.3 is 6.09 Å². The van der Waals surface area contributed by atoms with Crippen molar-refractivity contribution in [1.82, 2.24) is 25.9 Å². The number of aromatic amines is 1. The molecule has 1 aromatic heterocycles. The lowest BCUT2D eigenvalue weighted by atomic mass is 9.80. The molecule has 1 aliphatic carbocycles. The first-order chi connectivity index (χ1) is 24.2. The zero-order chi connectivity index (χ0) is 35.7. The molecular weight excluding hydrogens is 634 g/mol. The molecule has 3 amide bonds. The highest BCUT2D eigenvalue weighted by molar-refractivity contribution is 5.91. The summed E-state index contributed by atoms with van der Waals surface area (Å²) >= 11 is 0. The number of nitrogens with zero attached hydrogens (tertiary/aromatic N) is 1. The SMILES string of the molecule is CC(C)[C@@H](CCOCc1ccccc1)C[C@@H](O)[C@H](CC1CCCCC1)NC(=O)[C@@H](Cc1cnc[nH]1)NC(=O)[C@H](Cc1ccccc1)NC(=O)O. The van der Waals surface area contributed by atoms with Crippen molar-refractivity contribution in [2.24, 2.45) is 17.8 Å². The minimum absolute atomic E-state index is 0.113. The molecule has 50 heavy (non-hydrogen) atoms. The molecule has 4 rings (SSSR count). The number of aliphatic hydroxyl groups is 1. The Morgan fingerprint density at radius 2 is 1.52 bits per heavy atom. The number of aliphatic hydroxyl groups excluding tert-OH is 1. The quantitative estimate of drug-likeness (QED) is 0.0865. The van der Waals surface area contributed by atoms with Gasteiger partial charge in [0.25, 0.3) is 0 Å². The summed E-state index contributed by atoms with van der Waals surface area (Å²) in [5, 5.41) is 29.5. The van der Waals surface area contributed by atoms with Gasteiger partial charge < -0.3 is 35.9 Å². The summed E-state index contributed by atoms with van der Waals surface area (Å²) in [7, 11) is 0. The number of hydrogen-bond donors (Lipinski definition) is 6. The van der Waals surface area contributed by atoms with E-state index < -0.39 is 42.1 Å². The Bertz CT molecular complexity index is 1420. The molecule has 1 aliphatic rings. The van der Waals surface area contributed by atoms with Crippen LogP contribution in [0.5, 0.6) is 0 Å². The van der Waals surface area contributed by atoms with Crippen molar-refractivity contribution in [3.8, 4) is 0 Å². The van der Waals surface area contributed by atoms with Crippen molar-refractivity contribution in [3.63, 3.8) is 0 Å². The molecule has 5 atom stereocenters. The molecule has 0 unspecified atom stereocenters. The van der Waals surface area contributed by atoms with Crippen LogP contribution in [0.15, 0.2) is 73.2 Å². The van der Waals surface area contributed by atoms with Gasteiger partial charge in [-0.25, -0.2) is 9.78 Å². The predicted molar refractivity (Wildman–Crippen MR) is 192 cm³/mol. The first kappa shape index (κ1) is 38.6. The monoisotopic (exact) mass is 689 g/mol. The number of hydrogen-bond acceptors (Lipinski definition) is 6. The maximum atomic E-state index is 14.1. The minimum atomic E-state index is -1.34. The largest absolute Gasteiger partial charge is 0.465 e. The Kier molecular flexibility index (Phi) is 15.8. The molecule has 2 aromatic carbocycles. The lowest BCUT2D eigenvalue weighted by Crippen LogP contribution is -2.57. The summed E-state index contributed by atoms with van der Waals surface area (Å²) in [5.41, 5.74) is 2.53. The molecule has 0 radical (unpaired) electrons. The molecule has 6 N–H and O–H groups in total. The van der Waals surface area contributed by atoms with Crippen LogP contribution in [-0.4, -0.2) is 68.9 Å². The van der Waals surface area contributed by atoms with Gasteiger partial charge in [-0.3, -0.25) is 9.59 Å². The maximum Gasteiger partial charge on any atom is 0.405 e. The molecule has 1 saturated carbocycles. The van der Waals surface area contributed by atoms with E-state index in [4.69, 9.17) is 4.74 Å². The van der Waals surface area contributed by atoms with Crippen LogP contribution in [0.2, 0.25) is 0 Å². The molecule has 1 heterocycles.